The van der Waals surface area contributed by atoms with Gasteiger partial charge in [0.1, 0.15) is 6.10 Å². The molecule has 0 N–H and O–H groups in total. The third-order valence-corrected chi connectivity index (χ3v) is 4.82. The smallest absolute Gasteiger partial charge is 0.291 e. The highest BCUT2D eigenvalue weighted by Crippen LogP contribution is 2.30. The number of rotatable bonds is 5. The van der Waals surface area contributed by atoms with E-state index in [9.17, 15) is 26.4 Å². The summed E-state index contributed by atoms with van der Waals surface area (Å²) >= 11 is 0. The van der Waals surface area contributed by atoms with Gasteiger partial charge in [-0.25, -0.2) is 0 Å². The lowest BCUT2D eigenvalue weighted by molar-refractivity contribution is -0.137. The molecule has 25 heavy (non-hydrogen) atoms. The molecule has 0 heterocycles. The Kier molecular flexibility index (Phi) is 5.34. The van der Waals surface area contributed by atoms with Crippen molar-refractivity contribution >= 4 is 15.9 Å². The van der Waals surface area contributed by atoms with Crippen LogP contribution in [0, 0.1) is 6.92 Å². The van der Waals surface area contributed by atoms with Crippen LogP contribution in [0.5, 0.6) is 0 Å². The van der Waals surface area contributed by atoms with Gasteiger partial charge < -0.3 is 0 Å². The quantitative estimate of drug-likeness (QED) is 0.588. The summed E-state index contributed by atoms with van der Waals surface area (Å²) in [4.78, 5) is 12.1. The monoisotopic (exact) mass is 372 g/mol. The van der Waals surface area contributed by atoms with Crippen LogP contribution in [0.25, 0.3) is 0 Å². The molecule has 0 amide bonds. The molecule has 0 fully saturated rings. The highest BCUT2D eigenvalue weighted by molar-refractivity contribution is 7.86. The summed E-state index contributed by atoms with van der Waals surface area (Å²) in [5, 5.41) is 0. The van der Waals surface area contributed by atoms with Gasteiger partial charge in [-0.05, 0) is 38.1 Å². The van der Waals surface area contributed by atoms with E-state index < -0.39 is 33.7 Å². The molecule has 134 valence electrons. The average Bonchev–Trinajstić information content (AvgIpc) is 2.53. The number of carbonyl (C=O) groups is 1. The number of benzene rings is 2. The fraction of sp³-hybridized carbons (Fsp3) is 0.235. The number of ketones is 1. The van der Waals surface area contributed by atoms with E-state index in [0.29, 0.717) is 6.07 Å². The van der Waals surface area contributed by atoms with Crippen LogP contribution in [0.4, 0.5) is 13.2 Å². The van der Waals surface area contributed by atoms with Crippen LogP contribution in [0.1, 0.15) is 28.4 Å². The van der Waals surface area contributed by atoms with Gasteiger partial charge in [-0.1, -0.05) is 29.8 Å². The zero-order valence-corrected chi connectivity index (χ0v) is 14.2. The van der Waals surface area contributed by atoms with E-state index in [1.165, 1.54) is 25.1 Å². The van der Waals surface area contributed by atoms with E-state index in [-0.39, 0.29) is 10.5 Å². The predicted octanol–water partition coefficient (Wildman–Crippen LogP) is 3.99. The van der Waals surface area contributed by atoms with Crippen LogP contribution in [0.3, 0.4) is 0 Å². The second-order valence-corrected chi connectivity index (χ2v) is 7.02. The van der Waals surface area contributed by atoms with Crippen molar-refractivity contribution in [3.63, 3.8) is 0 Å². The number of aryl methyl sites for hydroxylation is 1. The molecule has 0 spiro atoms. The number of Topliss-reactive ketones (excluding diaryl/α,β-unsaturated/α-hetero) is 1. The van der Waals surface area contributed by atoms with E-state index in [0.717, 1.165) is 17.7 Å². The molecule has 0 aliphatic heterocycles. The molecule has 0 bridgehead atoms. The van der Waals surface area contributed by atoms with Crippen LogP contribution in [-0.4, -0.2) is 20.3 Å². The molecule has 0 saturated carbocycles. The molecule has 1 atom stereocenters. The zero-order valence-electron chi connectivity index (χ0n) is 13.4. The summed E-state index contributed by atoms with van der Waals surface area (Å²) in [6.45, 7) is 2.95. The molecular formula is C17H15F3O4S. The zero-order chi connectivity index (χ0) is 18.8. The van der Waals surface area contributed by atoms with Gasteiger partial charge in [0.25, 0.3) is 10.1 Å². The van der Waals surface area contributed by atoms with Gasteiger partial charge in [0.05, 0.1) is 10.5 Å². The summed E-state index contributed by atoms with van der Waals surface area (Å²) in [7, 11) is -4.21. The molecular weight excluding hydrogens is 357 g/mol. The average molecular weight is 372 g/mol. The molecule has 0 aliphatic rings. The number of carbonyl (C=O) groups excluding carboxylic acids is 1. The molecule has 0 unspecified atom stereocenters. The Morgan fingerprint density at radius 1 is 1.08 bits per heavy atom. The van der Waals surface area contributed by atoms with E-state index in [1.807, 2.05) is 0 Å². The molecule has 0 saturated heterocycles. The van der Waals surface area contributed by atoms with E-state index >= 15 is 0 Å². The fourth-order valence-electron chi connectivity index (χ4n) is 2.08. The third-order valence-electron chi connectivity index (χ3n) is 3.42. The van der Waals surface area contributed by atoms with Crippen molar-refractivity contribution in [1.82, 2.24) is 0 Å². The minimum absolute atomic E-state index is 0.137. The maximum Gasteiger partial charge on any atom is 0.416 e. The molecule has 2 rings (SSSR count). The van der Waals surface area contributed by atoms with Crippen LogP contribution in [-0.2, 0) is 20.5 Å². The highest BCUT2D eigenvalue weighted by Gasteiger charge is 2.32. The van der Waals surface area contributed by atoms with E-state index in [1.54, 1.807) is 19.1 Å². The minimum atomic E-state index is -4.60. The van der Waals surface area contributed by atoms with Crippen molar-refractivity contribution in [1.29, 1.82) is 0 Å². The lowest BCUT2D eigenvalue weighted by atomic mass is 10.0. The third kappa shape index (κ3) is 4.67. The normalized spacial score (nSPS) is 13.5. The van der Waals surface area contributed by atoms with E-state index in [4.69, 9.17) is 4.18 Å². The molecule has 8 heteroatoms. The van der Waals surface area contributed by atoms with Gasteiger partial charge >= 0.3 is 6.18 Å². The summed E-state index contributed by atoms with van der Waals surface area (Å²) in [6, 6.07) is 9.53. The first-order valence-electron chi connectivity index (χ1n) is 7.22. The van der Waals surface area contributed by atoms with Gasteiger partial charge in [-0.2, -0.15) is 21.6 Å². The predicted molar refractivity (Wildman–Crippen MR) is 84.7 cm³/mol. The Morgan fingerprint density at radius 3 is 2.24 bits per heavy atom. The summed E-state index contributed by atoms with van der Waals surface area (Å²) < 4.78 is 67.3. The van der Waals surface area contributed by atoms with Crippen LogP contribution in [0.15, 0.2) is 53.4 Å². The number of hydrogen-bond donors (Lipinski definition) is 0. The Bertz CT molecular complexity index is 872. The van der Waals surface area contributed by atoms with Gasteiger partial charge in [0.2, 0.25) is 0 Å². The van der Waals surface area contributed by atoms with Crippen LogP contribution < -0.4 is 0 Å². The second-order valence-electron chi connectivity index (χ2n) is 5.45. The largest absolute Gasteiger partial charge is 0.416 e. The first-order valence-corrected chi connectivity index (χ1v) is 8.63. The number of hydrogen-bond acceptors (Lipinski definition) is 4. The van der Waals surface area contributed by atoms with Crippen LogP contribution >= 0.6 is 0 Å². The maximum atomic E-state index is 12.7. The molecule has 4 nitrogen and oxygen atoms in total. The standard InChI is InChI=1S/C17H15F3O4S/c1-11-6-8-15(9-7-11)25(22,23)24-12(2)16(21)13-4-3-5-14(10-13)17(18,19)20/h3-10,12H,1-2H3/t12-/m1/s1. The SMILES string of the molecule is Cc1ccc(S(=O)(=O)O[C@H](C)C(=O)c2cccc(C(F)(F)F)c2)cc1. The van der Waals surface area contributed by atoms with Gasteiger partial charge in [0.15, 0.2) is 5.78 Å². The van der Waals surface area contributed by atoms with E-state index in [2.05, 4.69) is 0 Å². The van der Waals surface area contributed by atoms with Crippen molar-refractivity contribution < 1.29 is 30.6 Å². The lowest BCUT2D eigenvalue weighted by Crippen LogP contribution is -2.25. The Balaban J connectivity index is 2.22. The van der Waals surface area contributed by atoms with Crippen molar-refractivity contribution in [3.8, 4) is 0 Å². The maximum absolute atomic E-state index is 12.7. The number of alkyl halides is 3. The molecule has 0 radical (unpaired) electrons. The van der Waals surface area contributed by atoms with Crippen molar-refractivity contribution in [2.75, 3.05) is 0 Å². The first-order chi connectivity index (χ1) is 11.5. The van der Waals surface area contributed by atoms with Gasteiger partial charge in [-0.3, -0.25) is 8.98 Å². The Hall–Kier alpha value is -2.19. The second kappa shape index (κ2) is 6.97. The van der Waals surface area contributed by atoms with Gasteiger partial charge in [0, 0.05) is 5.56 Å². The molecule has 2 aromatic rings. The summed E-state index contributed by atoms with van der Waals surface area (Å²) in [6.07, 6.45) is -6.07. The van der Waals surface area contributed by atoms with Crippen molar-refractivity contribution in [2.45, 2.75) is 31.0 Å². The van der Waals surface area contributed by atoms with Gasteiger partial charge in [-0.15, -0.1) is 0 Å². The highest BCUT2D eigenvalue weighted by atomic mass is 32.2. The molecule has 0 aliphatic carbocycles. The molecule has 0 aromatic heterocycles. The van der Waals surface area contributed by atoms with Crippen molar-refractivity contribution in [3.05, 3.63) is 65.2 Å². The Morgan fingerprint density at radius 2 is 1.68 bits per heavy atom. The Labute approximate surface area is 143 Å². The van der Waals surface area contributed by atoms with Crippen LogP contribution in [0.2, 0.25) is 0 Å². The fourth-order valence-corrected chi connectivity index (χ4v) is 3.13. The van der Waals surface area contributed by atoms with Crippen molar-refractivity contribution in [2.24, 2.45) is 0 Å². The summed E-state index contributed by atoms with van der Waals surface area (Å²) in [5.74, 6) is -0.859. The summed E-state index contributed by atoms with van der Waals surface area (Å²) in [5.41, 5.74) is -0.430. The number of halogens is 3. The molecule has 2 aromatic carbocycles. The lowest BCUT2D eigenvalue weighted by Gasteiger charge is -2.13. The first kappa shape index (κ1) is 19.1. The topological polar surface area (TPSA) is 60.4 Å². The minimum Gasteiger partial charge on any atom is -0.291 e.